The summed E-state index contributed by atoms with van der Waals surface area (Å²) in [5.74, 6) is 0.489. The number of piperidine rings is 1. The van der Waals surface area contributed by atoms with E-state index in [9.17, 15) is 13.2 Å². The first-order valence-corrected chi connectivity index (χ1v) is 9.16. The van der Waals surface area contributed by atoms with Gasteiger partial charge in [0.2, 0.25) is 10.0 Å². The van der Waals surface area contributed by atoms with Crippen LogP contribution in [0.2, 0.25) is 0 Å². The van der Waals surface area contributed by atoms with Crippen molar-refractivity contribution in [3.8, 4) is 0 Å². The Morgan fingerprint density at radius 1 is 1.33 bits per heavy atom. The number of nitrogens with two attached hydrogens (primary N) is 1. The lowest BCUT2D eigenvalue weighted by molar-refractivity contribution is 0.0697. The zero-order valence-electron chi connectivity index (χ0n) is 12.1. The van der Waals surface area contributed by atoms with Crippen molar-refractivity contribution in [1.82, 2.24) is 4.90 Å². The molecule has 1 heterocycles. The van der Waals surface area contributed by atoms with Crippen LogP contribution in [0.3, 0.4) is 0 Å². The fraction of sp³-hybridized carbons (Fsp3) is 0.500. The highest BCUT2D eigenvalue weighted by Crippen LogP contribution is 2.27. The molecule has 0 aromatic heterocycles. The smallest absolute Gasteiger partial charge is 0.253 e. The van der Waals surface area contributed by atoms with E-state index < -0.39 is 10.0 Å². The van der Waals surface area contributed by atoms with Gasteiger partial charge in [-0.15, -0.1) is 0 Å². The second-order valence-corrected chi connectivity index (χ2v) is 7.95. The molecular formula is C14H19BrN2O3S. The summed E-state index contributed by atoms with van der Waals surface area (Å²) in [6.45, 7) is 5.33. The summed E-state index contributed by atoms with van der Waals surface area (Å²) >= 11 is 3.22. The predicted molar refractivity (Wildman–Crippen MR) is 84.6 cm³/mol. The number of rotatable bonds is 2. The van der Waals surface area contributed by atoms with Gasteiger partial charge in [-0.1, -0.05) is 6.92 Å². The van der Waals surface area contributed by atoms with E-state index in [0.29, 0.717) is 34.6 Å². The van der Waals surface area contributed by atoms with Crippen LogP contribution in [0, 0.1) is 12.8 Å². The SMILES string of the molecule is Cc1cc(C(=O)N2CCC(C)CC2)cc(S(N)(=O)=O)c1Br. The molecule has 1 amide bonds. The Morgan fingerprint density at radius 3 is 2.43 bits per heavy atom. The molecule has 0 radical (unpaired) electrons. The summed E-state index contributed by atoms with van der Waals surface area (Å²) in [6, 6.07) is 3.05. The third kappa shape index (κ3) is 3.64. The molecule has 7 heteroatoms. The molecule has 0 spiro atoms. The average Bonchev–Trinajstić information content (AvgIpc) is 2.40. The molecule has 0 saturated carbocycles. The maximum absolute atomic E-state index is 12.5. The van der Waals surface area contributed by atoms with Crippen molar-refractivity contribution in [1.29, 1.82) is 0 Å². The highest BCUT2D eigenvalue weighted by atomic mass is 79.9. The Bertz CT molecular complexity index is 665. The van der Waals surface area contributed by atoms with Gasteiger partial charge < -0.3 is 4.90 Å². The van der Waals surface area contributed by atoms with Gasteiger partial charge in [0.15, 0.2) is 0 Å². The Balaban J connectivity index is 2.36. The molecule has 2 N–H and O–H groups in total. The number of primary sulfonamides is 1. The molecule has 0 unspecified atom stereocenters. The van der Waals surface area contributed by atoms with E-state index in [0.717, 1.165) is 12.8 Å². The Hall–Kier alpha value is -0.920. The quantitative estimate of drug-likeness (QED) is 0.861. The second-order valence-electron chi connectivity index (χ2n) is 5.62. The minimum Gasteiger partial charge on any atom is -0.339 e. The van der Waals surface area contributed by atoms with Crippen LogP contribution in [0.5, 0.6) is 0 Å². The monoisotopic (exact) mass is 374 g/mol. The zero-order chi connectivity index (χ0) is 15.8. The molecule has 1 aliphatic rings. The van der Waals surface area contributed by atoms with Gasteiger partial charge in [-0.05, 0) is 59.3 Å². The van der Waals surface area contributed by atoms with Crippen molar-refractivity contribution in [2.45, 2.75) is 31.6 Å². The topological polar surface area (TPSA) is 80.5 Å². The summed E-state index contributed by atoms with van der Waals surface area (Å²) in [5.41, 5.74) is 1.05. The van der Waals surface area contributed by atoms with Gasteiger partial charge >= 0.3 is 0 Å². The summed E-state index contributed by atoms with van der Waals surface area (Å²) in [7, 11) is -3.87. The lowest BCUT2D eigenvalue weighted by atomic mass is 9.98. The van der Waals surface area contributed by atoms with Crippen molar-refractivity contribution in [3.05, 3.63) is 27.7 Å². The number of nitrogens with zero attached hydrogens (tertiary/aromatic N) is 1. The number of benzene rings is 1. The third-order valence-corrected chi connectivity index (χ3v) is 6.10. The molecule has 2 rings (SSSR count). The van der Waals surface area contributed by atoms with Crippen LogP contribution in [0.4, 0.5) is 0 Å². The van der Waals surface area contributed by atoms with Crippen molar-refractivity contribution < 1.29 is 13.2 Å². The maximum Gasteiger partial charge on any atom is 0.253 e. The van der Waals surface area contributed by atoms with Crippen molar-refractivity contribution >= 4 is 31.9 Å². The van der Waals surface area contributed by atoms with E-state index in [-0.39, 0.29) is 10.8 Å². The molecular weight excluding hydrogens is 356 g/mol. The summed E-state index contributed by atoms with van der Waals surface area (Å²) < 4.78 is 23.7. The van der Waals surface area contributed by atoms with Crippen molar-refractivity contribution in [2.24, 2.45) is 11.1 Å². The van der Waals surface area contributed by atoms with E-state index in [4.69, 9.17) is 5.14 Å². The van der Waals surface area contributed by atoms with Gasteiger partial charge in [-0.2, -0.15) is 0 Å². The van der Waals surface area contributed by atoms with Crippen LogP contribution in [-0.4, -0.2) is 32.3 Å². The van der Waals surface area contributed by atoms with Crippen molar-refractivity contribution in [2.75, 3.05) is 13.1 Å². The van der Waals surface area contributed by atoms with Crippen LogP contribution in [0.25, 0.3) is 0 Å². The fourth-order valence-corrected chi connectivity index (χ4v) is 4.07. The number of hydrogen-bond acceptors (Lipinski definition) is 3. The number of sulfonamides is 1. The van der Waals surface area contributed by atoms with Gasteiger partial charge in [-0.3, -0.25) is 4.79 Å². The standard InChI is InChI=1S/C14H19BrN2O3S/c1-9-3-5-17(6-4-9)14(18)11-7-10(2)13(15)12(8-11)21(16,19)20/h7-9H,3-6H2,1-2H3,(H2,16,19,20). The highest BCUT2D eigenvalue weighted by Gasteiger charge is 2.24. The molecule has 1 saturated heterocycles. The Labute approximate surface area is 133 Å². The maximum atomic E-state index is 12.5. The Kier molecular flexibility index (Phi) is 4.75. The first kappa shape index (κ1) is 16.5. The molecule has 0 bridgehead atoms. The van der Waals surface area contributed by atoms with Crippen LogP contribution in [-0.2, 0) is 10.0 Å². The van der Waals surface area contributed by atoms with E-state index in [1.807, 2.05) is 0 Å². The lowest BCUT2D eigenvalue weighted by Gasteiger charge is -2.30. The zero-order valence-corrected chi connectivity index (χ0v) is 14.5. The van der Waals surface area contributed by atoms with Crippen LogP contribution in [0.15, 0.2) is 21.5 Å². The molecule has 116 valence electrons. The molecule has 0 aliphatic carbocycles. The number of carbonyl (C=O) groups is 1. The first-order chi connectivity index (χ1) is 9.70. The number of halogens is 1. The van der Waals surface area contributed by atoms with E-state index >= 15 is 0 Å². The third-order valence-electron chi connectivity index (χ3n) is 3.85. The van der Waals surface area contributed by atoms with Crippen LogP contribution >= 0.6 is 15.9 Å². The van der Waals surface area contributed by atoms with E-state index in [2.05, 4.69) is 22.9 Å². The highest BCUT2D eigenvalue weighted by molar-refractivity contribution is 9.10. The van der Waals surface area contributed by atoms with E-state index in [1.165, 1.54) is 6.07 Å². The predicted octanol–water partition coefficient (Wildman–Crippen LogP) is 2.28. The number of likely N-dealkylation sites (tertiary alicyclic amines) is 1. The fourth-order valence-electron chi connectivity index (χ4n) is 2.46. The van der Waals surface area contributed by atoms with Gasteiger partial charge in [0, 0.05) is 23.1 Å². The Morgan fingerprint density at radius 2 is 1.90 bits per heavy atom. The number of amides is 1. The summed E-state index contributed by atoms with van der Waals surface area (Å²) in [4.78, 5) is 14.3. The number of carbonyl (C=O) groups excluding carboxylic acids is 1. The van der Waals surface area contributed by atoms with Gasteiger partial charge in [0.25, 0.3) is 5.91 Å². The van der Waals surface area contributed by atoms with Crippen LogP contribution < -0.4 is 5.14 Å². The molecule has 1 aliphatic heterocycles. The van der Waals surface area contributed by atoms with Gasteiger partial charge in [-0.25, -0.2) is 13.6 Å². The normalized spacial score (nSPS) is 17.0. The molecule has 1 aromatic rings. The van der Waals surface area contributed by atoms with Gasteiger partial charge in [0.05, 0.1) is 4.90 Å². The van der Waals surface area contributed by atoms with Gasteiger partial charge in [0.1, 0.15) is 0 Å². The minimum absolute atomic E-state index is 0.0452. The minimum atomic E-state index is -3.87. The second kappa shape index (κ2) is 6.06. The number of aryl methyl sites for hydroxylation is 1. The molecule has 5 nitrogen and oxygen atoms in total. The lowest BCUT2D eigenvalue weighted by Crippen LogP contribution is -2.38. The summed E-state index contributed by atoms with van der Waals surface area (Å²) in [6.07, 6.45) is 1.95. The molecule has 1 aromatic carbocycles. The number of hydrogen-bond donors (Lipinski definition) is 1. The first-order valence-electron chi connectivity index (χ1n) is 6.82. The molecule has 0 atom stereocenters. The van der Waals surface area contributed by atoms with Crippen LogP contribution in [0.1, 0.15) is 35.7 Å². The molecule has 1 fully saturated rings. The molecule has 21 heavy (non-hydrogen) atoms. The van der Waals surface area contributed by atoms with E-state index in [1.54, 1.807) is 17.9 Å². The summed E-state index contributed by atoms with van der Waals surface area (Å²) in [5, 5.41) is 5.21. The van der Waals surface area contributed by atoms with Crippen molar-refractivity contribution in [3.63, 3.8) is 0 Å². The average molecular weight is 375 g/mol. The largest absolute Gasteiger partial charge is 0.339 e.